The summed E-state index contributed by atoms with van der Waals surface area (Å²) in [6, 6.07) is 64.9. The molecule has 0 atom stereocenters. The Balaban J connectivity index is 1.22. The van der Waals surface area contributed by atoms with Gasteiger partial charge in [-0.1, -0.05) is 140 Å². The fourth-order valence-corrected chi connectivity index (χ4v) is 8.22. The van der Waals surface area contributed by atoms with Crippen molar-refractivity contribution in [2.75, 3.05) is 0 Å². The van der Waals surface area contributed by atoms with Crippen molar-refractivity contribution < 1.29 is 0 Å². The van der Waals surface area contributed by atoms with Crippen LogP contribution in [0.15, 0.2) is 182 Å². The Bertz CT molecular complexity index is 3170. The quantitative estimate of drug-likeness (QED) is 0.176. The zero-order valence-corrected chi connectivity index (χ0v) is 28.1. The van der Waals surface area contributed by atoms with E-state index in [1.54, 1.807) is 0 Å². The van der Waals surface area contributed by atoms with E-state index < -0.39 is 0 Å². The molecule has 4 nitrogen and oxygen atoms in total. The average Bonchev–Trinajstić information content (AvgIpc) is 3.73. The highest BCUT2D eigenvalue weighted by Crippen LogP contribution is 2.42. The maximum atomic E-state index is 5.38. The van der Waals surface area contributed by atoms with Gasteiger partial charge < -0.3 is 4.57 Å². The van der Waals surface area contributed by atoms with Crippen LogP contribution in [0, 0.1) is 0 Å². The second kappa shape index (κ2) is 11.2. The van der Waals surface area contributed by atoms with E-state index in [9.17, 15) is 0 Å². The van der Waals surface area contributed by atoms with Crippen LogP contribution in [0.1, 0.15) is 0 Å². The van der Waals surface area contributed by atoms with E-state index in [4.69, 9.17) is 9.97 Å². The van der Waals surface area contributed by atoms with Gasteiger partial charge in [-0.15, -0.1) is 0 Å². The van der Waals surface area contributed by atoms with Gasteiger partial charge in [0.15, 0.2) is 5.82 Å². The molecule has 11 aromatic rings. The highest BCUT2D eigenvalue weighted by molar-refractivity contribution is 6.18. The molecule has 242 valence electrons. The van der Waals surface area contributed by atoms with Gasteiger partial charge in [0.2, 0.25) is 0 Å². The van der Waals surface area contributed by atoms with Gasteiger partial charge in [-0.2, -0.15) is 0 Å². The van der Waals surface area contributed by atoms with Crippen LogP contribution in [0.2, 0.25) is 0 Å². The topological polar surface area (TPSA) is 35.6 Å². The second-order valence-electron chi connectivity index (χ2n) is 13.4. The molecule has 0 fully saturated rings. The molecule has 0 aliphatic rings. The first-order valence-electron chi connectivity index (χ1n) is 17.7. The van der Waals surface area contributed by atoms with E-state index >= 15 is 0 Å². The summed E-state index contributed by atoms with van der Waals surface area (Å²) >= 11 is 0. The van der Waals surface area contributed by atoms with Crippen LogP contribution < -0.4 is 0 Å². The lowest BCUT2D eigenvalue weighted by Gasteiger charge is -2.14. The summed E-state index contributed by atoms with van der Waals surface area (Å²) in [5.74, 6) is 1.58. The fourth-order valence-electron chi connectivity index (χ4n) is 8.22. The first-order chi connectivity index (χ1) is 25.8. The van der Waals surface area contributed by atoms with Crippen molar-refractivity contribution in [1.82, 2.24) is 19.1 Å². The number of aromatic nitrogens is 4. The molecule has 8 aromatic carbocycles. The summed E-state index contributed by atoms with van der Waals surface area (Å²) in [7, 11) is 0. The van der Waals surface area contributed by atoms with Crippen molar-refractivity contribution in [3.05, 3.63) is 182 Å². The maximum Gasteiger partial charge on any atom is 0.162 e. The zero-order chi connectivity index (χ0) is 34.2. The van der Waals surface area contributed by atoms with Crippen molar-refractivity contribution in [2.24, 2.45) is 0 Å². The van der Waals surface area contributed by atoms with Gasteiger partial charge in [0, 0.05) is 43.6 Å². The molecular formula is C48H30N4. The molecule has 0 spiro atoms. The third-order valence-electron chi connectivity index (χ3n) is 10.5. The van der Waals surface area contributed by atoms with Crippen molar-refractivity contribution in [3.8, 4) is 34.0 Å². The van der Waals surface area contributed by atoms with Crippen molar-refractivity contribution >= 4 is 65.3 Å². The highest BCUT2D eigenvalue weighted by Gasteiger charge is 2.21. The van der Waals surface area contributed by atoms with E-state index in [2.05, 4.69) is 173 Å². The van der Waals surface area contributed by atoms with Gasteiger partial charge in [0.05, 0.1) is 27.6 Å². The number of fused-ring (bicyclic) bond motifs is 9. The summed E-state index contributed by atoms with van der Waals surface area (Å²) in [5.41, 5.74) is 10.0. The molecule has 0 unspecified atom stereocenters. The molecule has 3 heterocycles. The molecule has 0 saturated heterocycles. The maximum absolute atomic E-state index is 5.38. The predicted molar refractivity (Wildman–Crippen MR) is 217 cm³/mol. The third kappa shape index (κ3) is 4.21. The number of benzene rings is 8. The largest absolute Gasteiger partial charge is 0.309 e. The molecule has 0 aliphatic carbocycles. The van der Waals surface area contributed by atoms with Crippen LogP contribution in [0.25, 0.3) is 99.3 Å². The Labute approximate surface area is 299 Å². The van der Waals surface area contributed by atoms with Crippen molar-refractivity contribution in [2.45, 2.75) is 0 Å². The van der Waals surface area contributed by atoms with Crippen LogP contribution in [0.4, 0.5) is 0 Å². The van der Waals surface area contributed by atoms with Crippen LogP contribution in [-0.2, 0) is 0 Å². The molecule has 0 N–H and O–H groups in total. The van der Waals surface area contributed by atoms with Gasteiger partial charge in [-0.25, -0.2) is 9.97 Å². The molecule has 52 heavy (non-hydrogen) atoms. The molecule has 3 aromatic heterocycles. The van der Waals surface area contributed by atoms with Gasteiger partial charge in [0.25, 0.3) is 0 Å². The Morgan fingerprint density at radius 1 is 0.365 bits per heavy atom. The molecule has 0 bridgehead atoms. The lowest BCUT2D eigenvalue weighted by molar-refractivity contribution is 1.08. The number of para-hydroxylation sites is 3. The van der Waals surface area contributed by atoms with E-state index in [1.165, 1.54) is 43.7 Å². The van der Waals surface area contributed by atoms with Gasteiger partial charge in [0.1, 0.15) is 5.82 Å². The van der Waals surface area contributed by atoms with Crippen molar-refractivity contribution in [3.63, 3.8) is 0 Å². The fraction of sp³-hybridized carbons (Fsp3) is 0. The van der Waals surface area contributed by atoms with Crippen LogP contribution in [0.5, 0.6) is 0 Å². The highest BCUT2D eigenvalue weighted by atomic mass is 15.1. The Hall–Kier alpha value is -7.04. The lowest BCUT2D eigenvalue weighted by atomic mass is 9.98. The van der Waals surface area contributed by atoms with Crippen LogP contribution >= 0.6 is 0 Å². The van der Waals surface area contributed by atoms with E-state index in [0.717, 1.165) is 49.8 Å². The summed E-state index contributed by atoms with van der Waals surface area (Å²) < 4.78 is 4.74. The molecule has 0 amide bonds. The number of hydrogen-bond donors (Lipinski definition) is 0. The average molecular weight is 663 g/mol. The summed E-state index contributed by atoms with van der Waals surface area (Å²) in [6.45, 7) is 0. The molecule has 0 saturated carbocycles. The number of hydrogen-bond acceptors (Lipinski definition) is 2. The minimum atomic E-state index is 0.709. The monoisotopic (exact) mass is 662 g/mol. The smallest absolute Gasteiger partial charge is 0.162 e. The number of rotatable bonds is 4. The third-order valence-corrected chi connectivity index (χ3v) is 10.5. The normalized spacial score (nSPS) is 11.8. The van der Waals surface area contributed by atoms with Crippen molar-refractivity contribution in [1.29, 1.82) is 0 Å². The summed E-state index contributed by atoms with van der Waals surface area (Å²) in [4.78, 5) is 10.6. The van der Waals surface area contributed by atoms with Gasteiger partial charge in [-0.05, 0) is 59.0 Å². The molecule has 0 radical (unpaired) electrons. The summed E-state index contributed by atoms with van der Waals surface area (Å²) in [6.07, 6.45) is 0. The van der Waals surface area contributed by atoms with Gasteiger partial charge in [-0.3, -0.25) is 4.57 Å². The summed E-state index contributed by atoms with van der Waals surface area (Å²) in [5, 5.41) is 8.17. The minimum Gasteiger partial charge on any atom is -0.309 e. The number of nitrogens with zero attached hydrogens (tertiary/aromatic N) is 4. The zero-order valence-electron chi connectivity index (χ0n) is 28.1. The molecule has 11 rings (SSSR count). The Morgan fingerprint density at radius 2 is 1.00 bits per heavy atom. The Kier molecular flexibility index (Phi) is 6.22. The molecule has 4 heteroatoms. The minimum absolute atomic E-state index is 0.709. The van der Waals surface area contributed by atoms with E-state index in [-0.39, 0.29) is 0 Å². The second-order valence-corrected chi connectivity index (χ2v) is 13.4. The lowest BCUT2D eigenvalue weighted by Crippen LogP contribution is -2.03. The molecular weight excluding hydrogens is 633 g/mol. The molecule has 0 aliphatic heterocycles. The van der Waals surface area contributed by atoms with E-state index in [0.29, 0.717) is 5.82 Å². The van der Waals surface area contributed by atoms with Crippen LogP contribution in [0.3, 0.4) is 0 Å². The standard InChI is InChI=1S/C48H30N4/c1-3-15-32(16-4-1)47-49-46-36-19-8-7-14-31(36)26-29-40(46)48(50-47)52-42-24-12-10-21-39(42)45-35(22-13-25-43(45)52)33-27-28-38-37-20-9-11-23-41(37)51(44(38)30-33)34-17-5-2-6-18-34/h1-30H. The predicted octanol–water partition coefficient (Wildman–Crippen LogP) is 12.3. The first-order valence-corrected chi connectivity index (χ1v) is 17.7. The first kappa shape index (κ1) is 28.8. The SMILES string of the molecule is c1ccc(-c2nc(-n3c4ccccc4c4c(-c5ccc6c7ccccc7n(-c7ccccc7)c6c5)cccc43)c3ccc4ccccc4c3n2)cc1. The van der Waals surface area contributed by atoms with Crippen LogP contribution in [-0.4, -0.2) is 19.1 Å². The Morgan fingerprint density at radius 3 is 1.83 bits per heavy atom. The van der Waals surface area contributed by atoms with E-state index in [1.807, 2.05) is 18.2 Å². The van der Waals surface area contributed by atoms with Gasteiger partial charge >= 0.3 is 0 Å².